The van der Waals surface area contributed by atoms with Gasteiger partial charge in [0, 0.05) is 5.39 Å². The fraction of sp³-hybridized carbons (Fsp3) is 0.292. The number of nitrogens with one attached hydrogen (secondary N) is 3. The van der Waals surface area contributed by atoms with E-state index in [0.29, 0.717) is 35.2 Å². The van der Waals surface area contributed by atoms with Gasteiger partial charge in [-0.1, -0.05) is 31.0 Å². The molecule has 2 aromatic heterocycles. The van der Waals surface area contributed by atoms with E-state index in [1.165, 1.54) is 13.2 Å². The largest absolute Gasteiger partial charge is 0.463 e. The molecule has 10 heteroatoms. The van der Waals surface area contributed by atoms with Crippen LogP contribution in [0.2, 0.25) is 0 Å². The third kappa shape index (κ3) is 3.57. The van der Waals surface area contributed by atoms with Crippen molar-refractivity contribution in [1.82, 2.24) is 26.1 Å². The molecule has 1 saturated carbocycles. The molecule has 1 aliphatic carbocycles. The molecule has 34 heavy (non-hydrogen) atoms. The molecular formula is C24H23N5O5. The van der Waals surface area contributed by atoms with Crippen LogP contribution < -0.4 is 16.2 Å². The van der Waals surface area contributed by atoms with Gasteiger partial charge in [-0.3, -0.25) is 25.2 Å². The molecule has 1 saturated heterocycles. The Bertz CT molecular complexity index is 1300. The van der Waals surface area contributed by atoms with Crippen LogP contribution in [0, 0.1) is 0 Å². The topological polar surface area (TPSA) is 134 Å². The Kier molecular flexibility index (Phi) is 5.27. The Morgan fingerprint density at radius 3 is 2.62 bits per heavy atom. The molecule has 1 atom stereocenters. The second-order valence-electron chi connectivity index (χ2n) is 8.56. The third-order valence-electron chi connectivity index (χ3n) is 6.45. The Balaban J connectivity index is 1.33. The highest BCUT2D eigenvalue weighted by atomic mass is 16.3. The number of para-hydroxylation sites is 1. The number of hydrogen-bond acceptors (Lipinski definition) is 6. The molecule has 1 aliphatic heterocycles. The van der Waals surface area contributed by atoms with Crippen molar-refractivity contribution >= 4 is 34.7 Å². The van der Waals surface area contributed by atoms with E-state index in [1.807, 2.05) is 6.07 Å². The second-order valence-corrected chi connectivity index (χ2v) is 8.56. The van der Waals surface area contributed by atoms with Crippen molar-refractivity contribution in [2.24, 2.45) is 0 Å². The number of carbonyl (C=O) groups is 4. The van der Waals surface area contributed by atoms with Crippen LogP contribution in [0.5, 0.6) is 0 Å². The van der Waals surface area contributed by atoms with Crippen molar-refractivity contribution in [3.05, 3.63) is 54.3 Å². The molecule has 1 aromatic carbocycles. The first-order chi connectivity index (χ1) is 16.4. The van der Waals surface area contributed by atoms with Crippen molar-refractivity contribution in [1.29, 1.82) is 0 Å². The fourth-order valence-electron chi connectivity index (χ4n) is 4.63. The number of urea groups is 1. The smallest absolute Gasteiger partial charge is 0.325 e. The molecule has 174 valence electrons. The number of fused-ring (bicyclic) bond motifs is 1. The van der Waals surface area contributed by atoms with E-state index in [2.05, 4.69) is 21.2 Å². The van der Waals surface area contributed by atoms with E-state index in [1.54, 1.807) is 36.4 Å². The maximum atomic E-state index is 13.0. The summed E-state index contributed by atoms with van der Waals surface area (Å²) in [6.45, 7) is 1.45. The number of pyridine rings is 1. The molecule has 3 aromatic rings. The minimum Gasteiger partial charge on any atom is -0.463 e. The average Bonchev–Trinajstić information content (AvgIpc) is 3.58. The number of aromatic nitrogens is 1. The van der Waals surface area contributed by atoms with Gasteiger partial charge in [-0.2, -0.15) is 0 Å². The predicted octanol–water partition coefficient (Wildman–Crippen LogP) is 2.51. The fourth-order valence-corrected chi connectivity index (χ4v) is 4.63. The molecule has 1 spiro atoms. The zero-order valence-electron chi connectivity index (χ0n) is 18.5. The van der Waals surface area contributed by atoms with Crippen molar-refractivity contribution in [3.8, 4) is 11.5 Å². The third-order valence-corrected chi connectivity index (χ3v) is 6.45. The SMILES string of the molecule is CC(C(=O)NNC(=O)c1cc(-c2ccco2)nc2ccccc12)N1C(=O)NC2(CCCC2)C1=O. The zero-order chi connectivity index (χ0) is 23.9. The van der Waals surface area contributed by atoms with Crippen LogP contribution in [0.3, 0.4) is 0 Å². The average molecular weight is 461 g/mol. The summed E-state index contributed by atoms with van der Waals surface area (Å²) in [7, 11) is 0. The number of rotatable bonds is 4. The quantitative estimate of drug-likeness (QED) is 0.404. The lowest BCUT2D eigenvalue weighted by Crippen LogP contribution is -2.53. The summed E-state index contributed by atoms with van der Waals surface area (Å²) < 4.78 is 5.41. The van der Waals surface area contributed by atoms with Crippen LogP contribution >= 0.6 is 0 Å². The highest BCUT2D eigenvalue weighted by molar-refractivity contribution is 6.11. The van der Waals surface area contributed by atoms with Gasteiger partial charge in [0.1, 0.15) is 17.3 Å². The minimum absolute atomic E-state index is 0.282. The van der Waals surface area contributed by atoms with Gasteiger partial charge < -0.3 is 9.73 Å². The summed E-state index contributed by atoms with van der Waals surface area (Å²) >= 11 is 0. The Morgan fingerprint density at radius 1 is 1.12 bits per heavy atom. The molecule has 1 unspecified atom stereocenters. The molecule has 0 bridgehead atoms. The Labute approximate surface area is 194 Å². The number of imide groups is 1. The number of hydrazine groups is 1. The highest BCUT2D eigenvalue weighted by Gasteiger charge is 2.54. The van der Waals surface area contributed by atoms with Gasteiger partial charge >= 0.3 is 6.03 Å². The van der Waals surface area contributed by atoms with Crippen molar-refractivity contribution < 1.29 is 23.6 Å². The van der Waals surface area contributed by atoms with Crippen LogP contribution in [-0.2, 0) is 9.59 Å². The Morgan fingerprint density at radius 2 is 1.88 bits per heavy atom. The molecule has 0 radical (unpaired) electrons. The molecule has 3 heterocycles. The first-order valence-corrected chi connectivity index (χ1v) is 11.1. The number of benzene rings is 1. The van der Waals surface area contributed by atoms with Gasteiger partial charge in [0.05, 0.1) is 17.3 Å². The van der Waals surface area contributed by atoms with Gasteiger partial charge in [0.25, 0.3) is 17.7 Å². The maximum Gasteiger partial charge on any atom is 0.325 e. The van der Waals surface area contributed by atoms with Crippen LogP contribution in [0.1, 0.15) is 43.0 Å². The van der Waals surface area contributed by atoms with Crippen LogP contribution in [-0.4, -0.2) is 45.2 Å². The summed E-state index contributed by atoms with van der Waals surface area (Å²) in [5, 5.41) is 3.34. The molecule has 5 amide bonds. The molecule has 2 fully saturated rings. The van der Waals surface area contributed by atoms with E-state index >= 15 is 0 Å². The molecular weight excluding hydrogens is 438 g/mol. The first kappa shape index (κ1) is 21.6. The summed E-state index contributed by atoms with van der Waals surface area (Å²) in [5.41, 5.74) is 5.16. The number of amides is 5. The molecule has 3 N–H and O–H groups in total. The number of furan rings is 1. The highest BCUT2D eigenvalue weighted by Crippen LogP contribution is 2.35. The van der Waals surface area contributed by atoms with Gasteiger partial charge in [-0.25, -0.2) is 14.7 Å². The monoisotopic (exact) mass is 461 g/mol. The van der Waals surface area contributed by atoms with E-state index in [0.717, 1.165) is 17.7 Å². The van der Waals surface area contributed by atoms with E-state index in [9.17, 15) is 19.2 Å². The van der Waals surface area contributed by atoms with Crippen LogP contribution in [0.25, 0.3) is 22.4 Å². The Hall–Kier alpha value is -4.21. The number of nitrogens with zero attached hydrogens (tertiary/aromatic N) is 2. The summed E-state index contributed by atoms with van der Waals surface area (Å²) in [5.74, 6) is -1.16. The number of carbonyl (C=O) groups excluding carboxylic acids is 4. The van der Waals surface area contributed by atoms with Crippen LogP contribution in [0.4, 0.5) is 4.79 Å². The first-order valence-electron chi connectivity index (χ1n) is 11.1. The maximum absolute atomic E-state index is 13.0. The van der Waals surface area contributed by atoms with Crippen molar-refractivity contribution in [2.45, 2.75) is 44.2 Å². The van der Waals surface area contributed by atoms with Crippen molar-refractivity contribution in [2.75, 3.05) is 0 Å². The normalized spacial score (nSPS) is 17.7. The zero-order valence-corrected chi connectivity index (χ0v) is 18.5. The summed E-state index contributed by atoms with van der Waals surface area (Å²) in [6.07, 6.45) is 4.32. The molecule has 5 rings (SSSR count). The second kappa shape index (κ2) is 8.29. The van der Waals surface area contributed by atoms with E-state index in [4.69, 9.17) is 4.42 Å². The molecule has 2 aliphatic rings. The molecule has 10 nitrogen and oxygen atoms in total. The van der Waals surface area contributed by atoms with E-state index in [-0.39, 0.29) is 5.56 Å². The van der Waals surface area contributed by atoms with Crippen molar-refractivity contribution in [3.63, 3.8) is 0 Å². The van der Waals surface area contributed by atoms with Gasteiger partial charge in [0.2, 0.25) is 0 Å². The standard InChI is InChI=1S/C24H23N5O5/c1-14(29-22(32)24(26-23(29)33)10-4-5-11-24)20(30)27-28-21(31)16-13-18(19-9-6-12-34-19)25-17-8-3-2-7-15(16)17/h2-3,6-9,12-14H,4-5,10-11H2,1H3,(H,26,33)(H,27,30)(H,28,31). The van der Waals surface area contributed by atoms with E-state index < -0.39 is 35.3 Å². The minimum atomic E-state index is -1.10. The van der Waals surface area contributed by atoms with Gasteiger partial charge in [-0.05, 0) is 44.0 Å². The van der Waals surface area contributed by atoms with Gasteiger partial charge in [0.15, 0.2) is 5.76 Å². The lowest BCUT2D eigenvalue weighted by molar-refractivity contribution is -0.138. The van der Waals surface area contributed by atoms with Gasteiger partial charge in [-0.15, -0.1) is 0 Å². The lowest BCUT2D eigenvalue weighted by atomic mass is 9.97. The predicted molar refractivity (Wildman–Crippen MR) is 121 cm³/mol. The summed E-state index contributed by atoms with van der Waals surface area (Å²) in [4.78, 5) is 56.6. The lowest BCUT2D eigenvalue weighted by Gasteiger charge is -2.23. The van der Waals surface area contributed by atoms with Crippen LogP contribution in [0.15, 0.2) is 53.1 Å². The summed E-state index contributed by atoms with van der Waals surface area (Å²) in [6, 6.07) is 10.5. The number of hydrogen-bond donors (Lipinski definition) is 3.